The molecular formula is C40H54. The van der Waals surface area contributed by atoms with Crippen molar-refractivity contribution in [2.24, 2.45) is 0 Å². The number of rotatable bonds is 19. The minimum absolute atomic E-state index is 1.20. The molecule has 0 amide bonds. The Balaban J connectivity index is 1.27. The number of fused-ring (bicyclic) bond motifs is 2. The Bertz CT molecular complexity index is 1020. The molecule has 0 aromatic heterocycles. The van der Waals surface area contributed by atoms with E-state index in [0.717, 1.165) is 0 Å². The second kappa shape index (κ2) is 17.3. The number of unbranched alkanes of at least 4 members (excludes halogenated alkanes) is 14. The van der Waals surface area contributed by atoms with E-state index < -0.39 is 0 Å². The van der Waals surface area contributed by atoms with Crippen molar-refractivity contribution in [3.63, 3.8) is 0 Å². The van der Waals surface area contributed by atoms with Crippen LogP contribution in [0, 0.1) is 0 Å². The van der Waals surface area contributed by atoms with Crippen LogP contribution in [0.3, 0.4) is 0 Å². The summed E-state index contributed by atoms with van der Waals surface area (Å²) in [5, 5.41) is 0. The molecule has 0 heterocycles. The van der Waals surface area contributed by atoms with Gasteiger partial charge in [0.25, 0.3) is 0 Å². The zero-order chi connectivity index (χ0) is 27.8. The van der Waals surface area contributed by atoms with Gasteiger partial charge in [-0.2, -0.15) is 0 Å². The molecule has 40 heavy (non-hydrogen) atoms. The lowest BCUT2D eigenvalue weighted by Crippen LogP contribution is -1.85. The van der Waals surface area contributed by atoms with Crippen LogP contribution in [0.4, 0.5) is 0 Å². The van der Waals surface area contributed by atoms with Crippen LogP contribution in [0.1, 0.15) is 128 Å². The highest BCUT2D eigenvalue weighted by atomic mass is 14.2. The first-order valence-corrected chi connectivity index (χ1v) is 16.8. The van der Waals surface area contributed by atoms with E-state index in [2.05, 4.69) is 86.6 Å². The van der Waals surface area contributed by atoms with Crippen LogP contribution in [0.15, 0.2) is 72.8 Å². The van der Waals surface area contributed by atoms with Gasteiger partial charge in [0, 0.05) is 0 Å². The molecule has 0 heteroatoms. The SMILES string of the molecule is CCCCCCCCCCc1ccc2cc(-c3cc4ccc(CCCCCCCCCC)ccc-4c3)cc-2cc1. The van der Waals surface area contributed by atoms with Crippen molar-refractivity contribution in [1.82, 2.24) is 0 Å². The molecular weight excluding hydrogens is 480 g/mol. The smallest absolute Gasteiger partial charge is 0.0171 e. The second-order valence-electron chi connectivity index (χ2n) is 12.2. The Morgan fingerprint density at radius 1 is 0.300 bits per heavy atom. The molecule has 0 nitrogen and oxygen atoms in total. The lowest BCUT2D eigenvalue weighted by molar-refractivity contribution is 0.575. The average Bonchev–Trinajstić information content (AvgIpc) is 3.46. The molecule has 0 bridgehead atoms. The summed E-state index contributed by atoms with van der Waals surface area (Å²) in [6, 6.07) is 28.2. The van der Waals surface area contributed by atoms with E-state index in [-0.39, 0.29) is 0 Å². The second-order valence-corrected chi connectivity index (χ2v) is 12.2. The molecule has 0 aromatic rings. The van der Waals surface area contributed by atoms with E-state index in [9.17, 15) is 0 Å². The van der Waals surface area contributed by atoms with Crippen molar-refractivity contribution in [2.45, 2.75) is 129 Å². The molecule has 0 unspecified atom stereocenters. The van der Waals surface area contributed by atoms with E-state index in [4.69, 9.17) is 0 Å². The number of hydrogen-bond donors (Lipinski definition) is 0. The van der Waals surface area contributed by atoms with Gasteiger partial charge in [0.1, 0.15) is 0 Å². The van der Waals surface area contributed by atoms with Crippen molar-refractivity contribution in [3.8, 4) is 33.4 Å². The first-order valence-electron chi connectivity index (χ1n) is 16.8. The van der Waals surface area contributed by atoms with E-state index in [1.54, 1.807) is 0 Å². The van der Waals surface area contributed by atoms with Gasteiger partial charge in [0.05, 0.1) is 0 Å². The Kier molecular flexibility index (Phi) is 13.1. The molecule has 0 fully saturated rings. The van der Waals surface area contributed by atoms with Gasteiger partial charge >= 0.3 is 0 Å². The van der Waals surface area contributed by atoms with Crippen LogP contribution in [0.5, 0.6) is 0 Å². The number of aryl methyl sites for hydroxylation is 2. The van der Waals surface area contributed by atoms with Crippen molar-refractivity contribution < 1.29 is 0 Å². The molecule has 0 radical (unpaired) electrons. The lowest BCUT2D eigenvalue weighted by atomic mass is 10.0. The fourth-order valence-corrected chi connectivity index (χ4v) is 6.16. The molecule has 4 aliphatic carbocycles. The third-order valence-electron chi connectivity index (χ3n) is 8.79. The summed E-state index contributed by atoms with van der Waals surface area (Å²) >= 11 is 0. The fourth-order valence-electron chi connectivity index (χ4n) is 6.16. The molecule has 0 atom stereocenters. The Labute approximate surface area is 246 Å². The molecule has 4 rings (SSSR count). The molecule has 214 valence electrons. The van der Waals surface area contributed by atoms with Crippen molar-refractivity contribution >= 4 is 0 Å². The van der Waals surface area contributed by atoms with Crippen LogP contribution < -0.4 is 0 Å². The summed E-state index contributed by atoms with van der Waals surface area (Å²) in [7, 11) is 0. The summed E-state index contributed by atoms with van der Waals surface area (Å²) in [6.07, 6.45) is 24.5. The van der Waals surface area contributed by atoms with E-state index in [0.29, 0.717) is 0 Å². The topological polar surface area (TPSA) is 0 Å². The Morgan fingerprint density at radius 3 is 0.875 bits per heavy atom. The predicted octanol–water partition coefficient (Wildman–Crippen LogP) is 12.9. The highest BCUT2D eigenvalue weighted by Gasteiger charge is 2.12. The van der Waals surface area contributed by atoms with Crippen molar-refractivity contribution in [2.75, 3.05) is 0 Å². The first-order chi connectivity index (χ1) is 19.8. The van der Waals surface area contributed by atoms with Gasteiger partial charge in [-0.15, -0.1) is 0 Å². The highest BCUT2D eigenvalue weighted by molar-refractivity contribution is 5.85. The van der Waals surface area contributed by atoms with Crippen molar-refractivity contribution in [1.29, 1.82) is 0 Å². The van der Waals surface area contributed by atoms with Crippen LogP contribution in [-0.2, 0) is 12.8 Å². The molecule has 0 spiro atoms. The molecule has 0 saturated carbocycles. The van der Waals surface area contributed by atoms with Gasteiger partial charge in [-0.1, -0.05) is 152 Å². The van der Waals surface area contributed by atoms with Crippen LogP contribution in [0.2, 0.25) is 0 Å². The Hall–Kier alpha value is -2.60. The summed E-state index contributed by atoms with van der Waals surface area (Å²) < 4.78 is 0. The summed E-state index contributed by atoms with van der Waals surface area (Å²) in [6.45, 7) is 4.58. The predicted molar refractivity (Wildman–Crippen MR) is 178 cm³/mol. The summed E-state index contributed by atoms with van der Waals surface area (Å²) in [4.78, 5) is 0. The largest absolute Gasteiger partial charge is 0.0654 e. The van der Waals surface area contributed by atoms with Gasteiger partial charge in [0.15, 0.2) is 0 Å². The first kappa shape index (κ1) is 30.4. The summed E-state index contributed by atoms with van der Waals surface area (Å²) in [5.74, 6) is 0. The monoisotopic (exact) mass is 534 g/mol. The third-order valence-corrected chi connectivity index (χ3v) is 8.79. The minimum Gasteiger partial charge on any atom is -0.0654 e. The quantitative estimate of drug-likeness (QED) is 0.105. The van der Waals surface area contributed by atoms with Gasteiger partial charge in [-0.25, -0.2) is 0 Å². The molecule has 4 aliphatic rings. The summed E-state index contributed by atoms with van der Waals surface area (Å²) in [5.41, 5.74) is 11.0. The van der Waals surface area contributed by atoms with Crippen LogP contribution in [-0.4, -0.2) is 0 Å². The van der Waals surface area contributed by atoms with E-state index in [1.165, 1.54) is 160 Å². The van der Waals surface area contributed by atoms with Gasteiger partial charge < -0.3 is 0 Å². The van der Waals surface area contributed by atoms with Gasteiger partial charge in [0.2, 0.25) is 0 Å². The third kappa shape index (κ3) is 9.79. The number of hydrogen-bond acceptors (Lipinski definition) is 0. The van der Waals surface area contributed by atoms with Gasteiger partial charge in [-0.05, 0) is 94.5 Å². The minimum atomic E-state index is 1.20. The Morgan fingerprint density at radius 2 is 0.575 bits per heavy atom. The maximum absolute atomic E-state index is 2.37. The van der Waals surface area contributed by atoms with Crippen LogP contribution in [0.25, 0.3) is 33.4 Å². The average molecular weight is 535 g/mol. The fraction of sp³-hybridized carbons (Fsp3) is 0.500. The lowest BCUT2D eigenvalue weighted by Gasteiger charge is -2.01. The standard InChI is InChI=1S/C40H54/c1-3-5-7-9-11-13-15-17-19-33-21-25-35-29-39(30-36(35)26-22-33)40-31-37-27-23-34(24-28-38(37)32-40)20-18-16-14-12-10-8-6-4-2/h21-32H,3-20H2,1-2H3. The van der Waals surface area contributed by atoms with Gasteiger partial charge in [-0.3, -0.25) is 0 Å². The maximum Gasteiger partial charge on any atom is -0.0171 e. The van der Waals surface area contributed by atoms with Crippen LogP contribution >= 0.6 is 0 Å². The molecule has 0 saturated heterocycles. The van der Waals surface area contributed by atoms with Crippen molar-refractivity contribution in [3.05, 3.63) is 83.9 Å². The molecule has 0 aliphatic heterocycles. The maximum atomic E-state index is 2.37. The van der Waals surface area contributed by atoms with E-state index >= 15 is 0 Å². The molecule has 0 aromatic carbocycles. The van der Waals surface area contributed by atoms with E-state index in [1.807, 2.05) is 0 Å². The molecule has 0 N–H and O–H groups in total. The zero-order valence-corrected chi connectivity index (χ0v) is 25.7. The zero-order valence-electron chi connectivity index (χ0n) is 25.7. The highest BCUT2D eigenvalue weighted by Crippen LogP contribution is 2.37. The normalized spacial score (nSPS) is 11.6.